The van der Waals surface area contributed by atoms with E-state index in [1.807, 2.05) is 0 Å². The number of unbranched alkanes of at least 4 members (excludes halogenated alkanes) is 6. The summed E-state index contributed by atoms with van der Waals surface area (Å²) in [4.78, 5) is 4.77. The second-order valence-corrected chi connectivity index (χ2v) is 5.85. The van der Waals surface area contributed by atoms with Crippen LogP contribution in [0, 0.1) is 0 Å². The van der Waals surface area contributed by atoms with Gasteiger partial charge in [0, 0.05) is 12.8 Å². The Morgan fingerprint density at radius 2 is 1.25 bits per heavy atom. The molecule has 0 spiro atoms. The highest BCUT2D eigenvalue weighted by Crippen LogP contribution is 2.19. The molecule has 0 N–H and O–H groups in total. The zero-order chi connectivity index (χ0) is 14.6. The van der Waals surface area contributed by atoms with Gasteiger partial charge < -0.3 is 4.42 Å². The van der Waals surface area contributed by atoms with Gasteiger partial charge in [0.2, 0.25) is 0 Å². The zero-order valence-corrected chi connectivity index (χ0v) is 13.8. The first kappa shape index (κ1) is 17.3. The summed E-state index contributed by atoms with van der Waals surface area (Å²) in [5.41, 5.74) is 1.25. The number of hydrogen-bond donors (Lipinski definition) is 0. The van der Waals surface area contributed by atoms with Crippen LogP contribution in [0.4, 0.5) is 0 Å². The first-order chi connectivity index (χ1) is 9.81. The van der Waals surface area contributed by atoms with E-state index < -0.39 is 0 Å². The lowest BCUT2D eigenvalue weighted by Gasteiger charge is -2.00. The molecule has 0 saturated heterocycles. The molecular weight excluding hydrogens is 246 g/mol. The van der Waals surface area contributed by atoms with Crippen LogP contribution in [0.2, 0.25) is 0 Å². The van der Waals surface area contributed by atoms with Gasteiger partial charge in [-0.3, -0.25) is 0 Å². The van der Waals surface area contributed by atoms with Gasteiger partial charge in [-0.05, 0) is 25.7 Å². The van der Waals surface area contributed by atoms with Gasteiger partial charge in [0.25, 0.3) is 0 Å². The molecule has 2 nitrogen and oxygen atoms in total. The number of rotatable bonds is 12. The van der Waals surface area contributed by atoms with Crippen molar-refractivity contribution in [3.05, 3.63) is 17.3 Å². The smallest absolute Gasteiger partial charge is 0.194 e. The van der Waals surface area contributed by atoms with Gasteiger partial charge in [-0.25, -0.2) is 4.98 Å². The van der Waals surface area contributed by atoms with Gasteiger partial charge in [-0.2, -0.15) is 0 Å². The molecular formula is C18H33NO. The fraction of sp³-hybridized carbons (Fsp3) is 0.833. The first-order valence-electron chi connectivity index (χ1n) is 8.79. The van der Waals surface area contributed by atoms with E-state index in [0.29, 0.717) is 0 Å². The molecule has 0 radical (unpaired) electrons. The summed E-state index contributed by atoms with van der Waals surface area (Å²) < 4.78 is 6.03. The van der Waals surface area contributed by atoms with Crippen molar-refractivity contribution in [1.82, 2.24) is 4.98 Å². The van der Waals surface area contributed by atoms with Gasteiger partial charge in [0.15, 0.2) is 5.89 Å². The van der Waals surface area contributed by atoms with E-state index in [1.165, 1.54) is 69.2 Å². The Labute approximate surface area is 125 Å². The largest absolute Gasteiger partial charge is 0.445 e. The third-order valence-electron chi connectivity index (χ3n) is 3.84. The second-order valence-electron chi connectivity index (χ2n) is 5.85. The summed E-state index contributed by atoms with van der Waals surface area (Å²) in [5.74, 6) is 2.16. The Hall–Kier alpha value is -0.790. The van der Waals surface area contributed by atoms with E-state index in [-0.39, 0.29) is 0 Å². The fourth-order valence-electron chi connectivity index (χ4n) is 2.54. The standard InChI is InChI=1S/C18H33NO/c1-4-7-10-13-16-17(14-11-8-5-2)20-18(19-16)15-12-9-6-3/h4-15H2,1-3H3. The maximum Gasteiger partial charge on any atom is 0.194 e. The van der Waals surface area contributed by atoms with E-state index in [1.54, 1.807) is 0 Å². The Balaban J connectivity index is 2.55. The molecule has 116 valence electrons. The van der Waals surface area contributed by atoms with E-state index in [9.17, 15) is 0 Å². The highest BCUT2D eigenvalue weighted by molar-refractivity contribution is 5.11. The summed E-state index contributed by atoms with van der Waals surface area (Å²) in [6, 6.07) is 0. The van der Waals surface area contributed by atoms with Crippen molar-refractivity contribution in [3.63, 3.8) is 0 Å². The van der Waals surface area contributed by atoms with Crippen molar-refractivity contribution in [3.8, 4) is 0 Å². The zero-order valence-electron chi connectivity index (χ0n) is 13.8. The lowest BCUT2D eigenvalue weighted by molar-refractivity contribution is 0.438. The highest BCUT2D eigenvalue weighted by atomic mass is 16.4. The summed E-state index contributed by atoms with van der Waals surface area (Å²) >= 11 is 0. The first-order valence-corrected chi connectivity index (χ1v) is 8.79. The molecule has 1 heterocycles. The maximum absolute atomic E-state index is 6.03. The Morgan fingerprint density at radius 1 is 0.700 bits per heavy atom. The van der Waals surface area contributed by atoms with Gasteiger partial charge in [0.05, 0.1) is 5.69 Å². The number of nitrogens with zero attached hydrogens (tertiary/aromatic N) is 1. The lowest BCUT2D eigenvalue weighted by Crippen LogP contribution is -1.93. The molecule has 1 aromatic heterocycles. The third-order valence-corrected chi connectivity index (χ3v) is 3.84. The molecule has 0 bridgehead atoms. The SMILES string of the molecule is CCCCCc1nc(CCCCC)c(CCCCC)o1. The molecule has 2 heteroatoms. The van der Waals surface area contributed by atoms with Crippen LogP contribution in [0.15, 0.2) is 4.42 Å². The number of aromatic nitrogens is 1. The molecule has 0 saturated carbocycles. The van der Waals surface area contributed by atoms with Crippen LogP contribution in [0.3, 0.4) is 0 Å². The molecule has 0 aliphatic heterocycles. The third kappa shape index (κ3) is 6.58. The van der Waals surface area contributed by atoms with Crippen molar-refractivity contribution < 1.29 is 4.42 Å². The molecule has 0 fully saturated rings. The summed E-state index contributed by atoms with van der Waals surface area (Å²) in [6.07, 6.45) is 14.6. The van der Waals surface area contributed by atoms with Crippen LogP contribution < -0.4 is 0 Å². The van der Waals surface area contributed by atoms with E-state index in [0.717, 1.165) is 25.2 Å². The molecule has 0 atom stereocenters. The number of aryl methyl sites for hydroxylation is 3. The average Bonchev–Trinajstić information content (AvgIpc) is 2.82. The van der Waals surface area contributed by atoms with Crippen molar-refractivity contribution in [1.29, 1.82) is 0 Å². The van der Waals surface area contributed by atoms with Crippen LogP contribution in [-0.4, -0.2) is 4.98 Å². The monoisotopic (exact) mass is 279 g/mol. The quantitative estimate of drug-likeness (QED) is 0.447. The molecule has 1 rings (SSSR count). The highest BCUT2D eigenvalue weighted by Gasteiger charge is 2.12. The molecule has 0 aliphatic carbocycles. The molecule has 1 aromatic rings. The minimum atomic E-state index is 0.983. The van der Waals surface area contributed by atoms with E-state index >= 15 is 0 Å². The Bertz CT molecular complexity index is 316. The molecule has 0 amide bonds. The predicted octanol–water partition coefficient (Wildman–Crippen LogP) is 5.87. The van der Waals surface area contributed by atoms with Crippen molar-refractivity contribution in [2.45, 2.75) is 97.8 Å². The molecule has 20 heavy (non-hydrogen) atoms. The van der Waals surface area contributed by atoms with Crippen LogP contribution in [-0.2, 0) is 19.3 Å². The minimum Gasteiger partial charge on any atom is -0.445 e. The molecule has 0 aromatic carbocycles. The molecule has 0 unspecified atom stereocenters. The molecule has 0 aliphatic rings. The van der Waals surface area contributed by atoms with E-state index in [2.05, 4.69) is 20.8 Å². The Morgan fingerprint density at radius 3 is 1.85 bits per heavy atom. The predicted molar refractivity (Wildman–Crippen MR) is 86.2 cm³/mol. The number of oxazole rings is 1. The fourth-order valence-corrected chi connectivity index (χ4v) is 2.54. The Kier molecular flexibility index (Phi) is 9.44. The van der Waals surface area contributed by atoms with Crippen LogP contribution in [0.5, 0.6) is 0 Å². The number of hydrogen-bond acceptors (Lipinski definition) is 2. The van der Waals surface area contributed by atoms with Gasteiger partial charge in [-0.1, -0.05) is 59.3 Å². The van der Waals surface area contributed by atoms with Crippen LogP contribution in [0.1, 0.15) is 95.9 Å². The van der Waals surface area contributed by atoms with Crippen molar-refractivity contribution >= 4 is 0 Å². The van der Waals surface area contributed by atoms with Gasteiger partial charge in [-0.15, -0.1) is 0 Å². The van der Waals surface area contributed by atoms with Gasteiger partial charge >= 0.3 is 0 Å². The van der Waals surface area contributed by atoms with Crippen molar-refractivity contribution in [2.24, 2.45) is 0 Å². The minimum absolute atomic E-state index is 0.983. The lowest BCUT2D eigenvalue weighted by atomic mass is 10.1. The normalized spacial score (nSPS) is 11.2. The van der Waals surface area contributed by atoms with Crippen LogP contribution >= 0.6 is 0 Å². The van der Waals surface area contributed by atoms with Crippen LogP contribution in [0.25, 0.3) is 0 Å². The topological polar surface area (TPSA) is 26.0 Å². The average molecular weight is 279 g/mol. The van der Waals surface area contributed by atoms with E-state index in [4.69, 9.17) is 9.40 Å². The van der Waals surface area contributed by atoms with Gasteiger partial charge in [0.1, 0.15) is 5.76 Å². The second kappa shape index (κ2) is 10.9. The summed E-state index contributed by atoms with van der Waals surface area (Å²) in [7, 11) is 0. The summed E-state index contributed by atoms with van der Waals surface area (Å²) in [6.45, 7) is 6.74. The van der Waals surface area contributed by atoms with Crippen molar-refractivity contribution in [2.75, 3.05) is 0 Å². The summed E-state index contributed by atoms with van der Waals surface area (Å²) in [5, 5.41) is 0. The maximum atomic E-state index is 6.03.